The van der Waals surface area contributed by atoms with Crippen molar-refractivity contribution in [2.75, 3.05) is 6.61 Å². The first kappa shape index (κ1) is 14.2. The van der Waals surface area contributed by atoms with Crippen molar-refractivity contribution in [1.82, 2.24) is 5.32 Å². The molecule has 3 unspecified atom stereocenters. The lowest BCUT2D eigenvalue weighted by Gasteiger charge is -2.23. The molecule has 1 saturated heterocycles. The molecule has 0 radical (unpaired) electrons. The standard InChI is InChI=1S/C14H19F2NO2/c1-9(17-12-7-8-18-10(12)2)11-5-3-4-6-13(11)19-14(15)16/h3-6,9-10,12,14,17H,7-8H2,1-2H3. The SMILES string of the molecule is CC(NC1CCOC1C)c1ccccc1OC(F)F. The number of alkyl halides is 2. The van der Waals surface area contributed by atoms with Gasteiger partial charge in [-0.05, 0) is 26.3 Å². The van der Waals surface area contributed by atoms with Crippen molar-refractivity contribution in [3.05, 3.63) is 29.8 Å². The summed E-state index contributed by atoms with van der Waals surface area (Å²) in [5.74, 6) is 0.226. The Hall–Kier alpha value is -1.20. The Morgan fingerprint density at radius 2 is 2.11 bits per heavy atom. The molecule has 19 heavy (non-hydrogen) atoms. The molecule has 0 amide bonds. The predicted octanol–water partition coefficient (Wildman–Crippen LogP) is 3.12. The van der Waals surface area contributed by atoms with E-state index in [2.05, 4.69) is 10.1 Å². The van der Waals surface area contributed by atoms with Crippen LogP contribution in [-0.4, -0.2) is 25.4 Å². The van der Waals surface area contributed by atoms with Gasteiger partial charge in [0.1, 0.15) is 5.75 Å². The molecule has 0 aromatic heterocycles. The van der Waals surface area contributed by atoms with Crippen LogP contribution in [0.15, 0.2) is 24.3 Å². The molecule has 1 fully saturated rings. The second-order valence-electron chi connectivity index (χ2n) is 4.78. The molecule has 0 spiro atoms. The van der Waals surface area contributed by atoms with E-state index in [1.54, 1.807) is 18.2 Å². The minimum Gasteiger partial charge on any atom is -0.434 e. The van der Waals surface area contributed by atoms with E-state index in [4.69, 9.17) is 4.74 Å². The van der Waals surface area contributed by atoms with Crippen LogP contribution >= 0.6 is 0 Å². The molecule has 1 heterocycles. The summed E-state index contributed by atoms with van der Waals surface area (Å²) >= 11 is 0. The van der Waals surface area contributed by atoms with Gasteiger partial charge in [-0.3, -0.25) is 0 Å². The average molecular weight is 271 g/mol. The van der Waals surface area contributed by atoms with Gasteiger partial charge >= 0.3 is 6.61 Å². The number of hydrogen-bond acceptors (Lipinski definition) is 3. The van der Waals surface area contributed by atoms with Gasteiger partial charge in [0.05, 0.1) is 6.10 Å². The molecule has 1 aliphatic rings. The number of para-hydroxylation sites is 1. The van der Waals surface area contributed by atoms with Crippen LogP contribution in [-0.2, 0) is 4.74 Å². The summed E-state index contributed by atoms with van der Waals surface area (Å²) in [4.78, 5) is 0. The molecule has 1 aromatic carbocycles. The third-order valence-electron chi connectivity index (χ3n) is 3.44. The summed E-state index contributed by atoms with van der Waals surface area (Å²) in [6.45, 7) is 1.89. The van der Waals surface area contributed by atoms with Gasteiger partial charge in [-0.1, -0.05) is 18.2 Å². The molecule has 1 aliphatic heterocycles. The number of rotatable bonds is 5. The van der Waals surface area contributed by atoms with Gasteiger partial charge in [0.25, 0.3) is 0 Å². The third-order valence-corrected chi connectivity index (χ3v) is 3.44. The zero-order valence-electron chi connectivity index (χ0n) is 11.1. The third kappa shape index (κ3) is 3.64. The highest BCUT2D eigenvalue weighted by Crippen LogP contribution is 2.27. The summed E-state index contributed by atoms with van der Waals surface area (Å²) in [5.41, 5.74) is 0.738. The second kappa shape index (κ2) is 6.30. The van der Waals surface area contributed by atoms with E-state index in [9.17, 15) is 8.78 Å². The van der Waals surface area contributed by atoms with Crippen LogP contribution in [0.4, 0.5) is 8.78 Å². The number of halogens is 2. The Balaban J connectivity index is 2.07. The molecule has 0 bridgehead atoms. The Labute approximate surface area is 111 Å². The number of nitrogens with one attached hydrogen (secondary N) is 1. The maximum atomic E-state index is 12.4. The van der Waals surface area contributed by atoms with Crippen LogP contribution in [0.5, 0.6) is 5.75 Å². The van der Waals surface area contributed by atoms with E-state index >= 15 is 0 Å². The van der Waals surface area contributed by atoms with E-state index in [1.807, 2.05) is 19.9 Å². The Morgan fingerprint density at radius 1 is 1.37 bits per heavy atom. The maximum absolute atomic E-state index is 12.4. The fraction of sp³-hybridized carbons (Fsp3) is 0.571. The highest BCUT2D eigenvalue weighted by molar-refractivity contribution is 5.35. The number of hydrogen-bond donors (Lipinski definition) is 1. The minimum absolute atomic E-state index is 0.0656. The summed E-state index contributed by atoms with van der Waals surface area (Å²) in [7, 11) is 0. The van der Waals surface area contributed by atoms with Crippen molar-refractivity contribution >= 4 is 0 Å². The monoisotopic (exact) mass is 271 g/mol. The topological polar surface area (TPSA) is 30.5 Å². The predicted molar refractivity (Wildman–Crippen MR) is 68.4 cm³/mol. The first-order valence-electron chi connectivity index (χ1n) is 6.49. The average Bonchev–Trinajstić information content (AvgIpc) is 2.75. The zero-order valence-corrected chi connectivity index (χ0v) is 11.1. The Kier molecular flexibility index (Phi) is 4.71. The van der Waals surface area contributed by atoms with E-state index in [1.165, 1.54) is 0 Å². The van der Waals surface area contributed by atoms with Crippen molar-refractivity contribution in [2.24, 2.45) is 0 Å². The fourth-order valence-electron chi connectivity index (χ4n) is 2.40. The van der Waals surface area contributed by atoms with Gasteiger partial charge in [-0.15, -0.1) is 0 Å². The van der Waals surface area contributed by atoms with Crippen LogP contribution in [0.25, 0.3) is 0 Å². The summed E-state index contributed by atoms with van der Waals surface area (Å²) in [6.07, 6.45) is 1.08. The quantitative estimate of drug-likeness (QED) is 0.892. The molecule has 0 aliphatic carbocycles. The van der Waals surface area contributed by atoms with Crippen LogP contribution in [0.1, 0.15) is 31.9 Å². The van der Waals surface area contributed by atoms with Gasteiger partial charge in [-0.2, -0.15) is 8.78 Å². The van der Waals surface area contributed by atoms with Gasteiger partial charge in [0.2, 0.25) is 0 Å². The van der Waals surface area contributed by atoms with Gasteiger partial charge in [0, 0.05) is 24.3 Å². The van der Waals surface area contributed by atoms with Crippen molar-refractivity contribution in [1.29, 1.82) is 0 Å². The van der Waals surface area contributed by atoms with Crippen LogP contribution in [0, 0.1) is 0 Å². The van der Waals surface area contributed by atoms with Crippen LogP contribution in [0.2, 0.25) is 0 Å². The molecule has 0 saturated carbocycles. The lowest BCUT2D eigenvalue weighted by atomic mass is 10.0. The summed E-state index contributed by atoms with van der Waals surface area (Å²) in [6, 6.07) is 7.05. The van der Waals surface area contributed by atoms with E-state index in [0.29, 0.717) is 0 Å². The van der Waals surface area contributed by atoms with Crippen molar-refractivity contribution in [3.63, 3.8) is 0 Å². The van der Waals surface area contributed by atoms with Crippen LogP contribution in [0.3, 0.4) is 0 Å². The van der Waals surface area contributed by atoms with E-state index < -0.39 is 6.61 Å². The molecule has 106 valence electrons. The smallest absolute Gasteiger partial charge is 0.387 e. The highest BCUT2D eigenvalue weighted by atomic mass is 19.3. The maximum Gasteiger partial charge on any atom is 0.387 e. The Morgan fingerprint density at radius 3 is 2.74 bits per heavy atom. The largest absolute Gasteiger partial charge is 0.434 e. The van der Waals surface area contributed by atoms with Gasteiger partial charge in [-0.25, -0.2) is 0 Å². The first-order valence-corrected chi connectivity index (χ1v) is 6.49. The van der Waals surface area contributed by atoms with Crippen molar-refractivity contribution in [2.45, 2.75) is 45.1 Å². The van der Waals surface area contributed by atoms with Crippen molar-refractivity contribution in [3.8, 4) is 5.75 Å². The molecule has 1 aromatic rings. The second-order valence-corrected chi connectivity index (χ2v) is 4.78. The van der Waals surface area contributed by atoms with Gasteiger partial charge in [0.15, 0.2) is 0 Å². The fourth-order valence-corrected chi connectivity index (χ4v) is 2.40. The normalized spacial score (nSPS) is 24.7. The van der Waals surface area contributed by atoms with E-state index in [0.717, 1.165) is 18.6 Å². The summed E-state index contributed by atoms with van der Waals surface area (Å²) in [5, 5.41) is 3.41. The molecule has 3 nitrogen and oxygen atoms in total. The molecular formula is C14H19F2NO2. The number of benzene rings is 1. The van der Waals surface area contributed by atoms with Crippen molar-refractivity contribution < 1.29 is 18.3 Å². The molecule has 5 heteroatoms. The minimum atomic E-state index is -2.80. The molecule has 3 atom stereocenters. The number of ether oxygens (including phenoxy) is 2. The lowest BCUT2D eigenvalue weighted by Crippen LogP contribution is -2.36. The molecule has 2 rings (SSSR count). The van der Waals surface area contributed by atoms with Crippen LogP contribution < -0.4 is 10.1 Å². The zero-order chi connectivity index (χ0) is 13.8. The van der Waals surface area contributed by atoms with E-state index in [-0.39, 0.29) is 23.9 Å². The molecular weight excluding hydrogens is 252 g/mol. The lowest BCUT2D eigenvalue weighted by molar-refractivity contribution is -0.0507. The molecule has 1 N–H and O–H groups in total. The first-order chi connectivity index (χ1) is 9.08. The van der Waals surface area contributed by atoms with Gasteiger partial charge < -0.3 is 14.8 Å². The Bertz CT molecular complexity index is 414. The summed E-state index contributed by atoms with van der Waals surface area (Å²) < 4.78 is 34.8. The highest BCUT2D eigenvalue weighted by Gasteiger charge is 2.26.